The third-order valence-corrected chi connectivity index (χ3v) is 4.87. The lowest BCUT2D eigenvalue weighted by Crippen LogP contribution is -1.91. The van der Waals surface area contributed by atoms with Crippen LogP contribution in [0.15, 0.2) is 110 Å². The van der Waals surface area contributed by atoms with Gasteiger partial charge in [-0.15, -0.1) is 0 Å². The SMILES string of the molecule is Cc1ccc(/C=C/c2ccncc2)cc1.Cc1ccc(/C=C/c2ccncc2)cc1.O=C(O)/C=C/C(=O)O. The van der Waals surface area contributed by atoms with Crippen molar-refractivity contribution in [2.45, 2.75) is 13.8 Å². The van der Waals surface area contributed by atoms with Gasteiger partial charge in [-0.1, -0.05) is 84.0 Å². The third-order valence-electron chi connectivity index (χ3n) is 4.87. The average Bonchev–Trinajstić information content (AvgIpc) is 2.93. The van der Waals surface area contributed by atoms with Crippen molar-refractivity contribution in [3.63, 3.8) is 0 Å². The van der Waals surface area contributed by atoms with Crippen LogP contribution >= 0.6 is 0 Å². The van der Waals surface area contributed by atoms with Crippen LogP contribution in [0.1, 0.15) is 33.4 Å². The molecular weight excluding hydrogens is 476 g/mol. The normalized spacial score (nSPS) is 10.5. The van der Waals surface area contributed by atoms with Crippen LogP contribution in [0.4, 0.5) is 0 Å². The van der Waals surface area contributed by atoms with Gasteiger partial charge in [-0.3, -0.25) is 9.97 Å². The maximum Gasteiger partial charge on any atom is 0.328 e. The molecule has 6 heteroatoms. The topological polar surface area (TPSA) is 100 Å². The standard InChI is InChI=1S/2C14H13N.C4H4O4/c2*1-12-2-4-13(5-3-12)6-7-14-8-10-15-11-9-14;5-3(6)1-2-4(7)8/h2*2-11H,1H3;1-2H,(H,5,6)(H,7,8)/b2*7-6+;2-1+. The molecule has 0 amide bonds. The molecule has 0 atom stereocenters. The minimum Gasteiger partial charge on any atom is -0.478 e. The lowest BCUT2D eigenvalue weighted by molar-refractivity contribution is -0.134. The Kier molecular flexibility index (Phi) is 12.7. The smallest absolute Gasteiger partial charge is 0.328 e. The summed E-state index contributed by atoms with van der Waals surface area (Å²) >= 11 is 0. The highest BCUT2D eigenvalue weighted by molar-refractivity contribution is 5.89. The molecule has 0 radical (unpaired) electrons. The highest BCUT2D eigenvalue weighted by atomic mass is 16.4. The number of benzene rings is 2. The van der Waals surface area contributed by atoms with Gasteiger partial charge in [0, 0.05) is 36.9 Å². The van der Waals surface area contributed by atoms with Gasteiger partial charge in [0.1, 0.15) is 0 Å². The highest BCUT2D eigenvalue weighted by Crippen LogP contribution is 2.09. The zero-order valence-corrected chi connectivity index (χ0v) is 21.3. The van der Waals surface area contributed by atoms with Gasteiger partial charge in [0.2, 0.25) is 0 Å². The Morgan fingerprint density at radius 1 is 0.500 bits per heavy atom. The molecule has 0 aliphatic carbocycles. The predicted molar refractivity (Wildman–Crippen MR) is 153 cm³/mol. The summed E-state index contributed by atoms with van der Waals surface area (Å²) in [5.41, 5.74) is 7.36. The molecule has 6 nitrogen and oxygen atoms in total. The molecule has 0 fully saturated rings. The molecule has 192 valence electrons. The summed E-state index contributed by atoms with van der Waals surface area (Å²) in [7, 11) is 0. The number of aliphatic carboxylic acids is 2. The second-order valence-corrected chi connectivity index (χ2v) is 8.06. The average molecular weight is 507 g/mol. The first-order chi connectivity index (χ1) is 18.3. The number of aryl methyl sites for hydroxylation is 2. The van der Waals surface area contributed by atoms with Crippen molar-refractivity contribution in [1.82, 2.24) is 9.97 Å². The lowest BCUT2D eigenvalue weighted by atomic mass is 10.1. The minimum atomic E-state index is -1.26. The molecule has 0 saturated carbocycles. The summed E-state index contributed by atoms with van der Waals surface area (Å²) < 4.78 is 0. The maximum absolute atomic E-state index is 9.55. The third kappa shape index (κ3) is 13.1. The quantitative estimate of drug-likeness (QED) is 0.278. The van der Waals surface area contributed by atoms with E-state index in [9.17, 15) is 9.59 Å². The van der Waals surface area contributed by atoms with Gasteiger partial charge in [0.15, 0.2) is 0 Å². The van der Waals surface area contributed by atoms with E-state index in [4.69, 9.17) is 10.2 Å². The van der Waals surface area contributed by atoms with Gasteiger partial charge < -0.3 is 10.2 Å². The number of hydrogen-bond donors (Lipinski definition) is 2. The number of carboxylic acids is 2. The monoisotopic (exact) mass is 506 g/mol. The number of hydrogen-bond acceptors (Lipinski definition) is 4. The molecule has 2 N–H and O–H groups in total. The predicted octanol–water partition coefficient (Wildman–Crippen LogP) is 6.83. The number of carboxylic acid groups (broad SMARTS) is 2. The summed E-state index contributed by atoms with van der Waals surface area (Å²) in [4.78, 5) is 27.1. The van der Waals surface area contributed by atoms with Gasteiger partial charge in [0.05, 0.1) is 0 Å². The molecule has 0 unspecified atom stereocenters. The van der Waals surface area contributed by atoms with Crippen LogP contribution < -0.4 is 0 Å². The summed E-state index contributed by atoms with van der Waals surface area (Å²) in [5.74, 6) is -2.51. The van der Waals surface area contributed by atoms with Crippen LogP contribution in [0.3, 0.4) is 0 Å². The Bertz CT molecular complexity index is 1240. The maximum atomic E-state index is 9.55. The molecule has 0 aliphatic rings. The molecule has 2 heterocycles. The molecule has 4 aromatic rings. The molecule has 0 spiro atoms. The van der Waals surface area contributed by atoms with Crippen molar-refractivity contribution in [3.05, 3.63) is 143 Å². The van der Waals surface area contributed by atoms with Crippen molar-refractivity contribution >= 4 is 36.2 Å². The van der Waals surface area contributed by atoms with E-state index >= 15 is 0 Å². The van der Waals surface area contributed by atoms with Gasteiger partial charge >= 0.3 is 11.9 Å². The zero-order chi connectivity index (χ0) is 27.6. The second kappa shape index (κ2) is 16.5. The Labute approximate surface area is 223 Å². The van der Waals surface area contributed by atoms with E-state index in [1.165, 1.54) is 33.4 Å². The molecular formula is C32H30N2O4. The van der Waals surface area contributed by atoms with Crippen LogP contribution in [-0.4, -0.2) is 32.1 Å². The van der Waals surface area contributed by atoms with E-state index in [1.807, 2.05) is 24.3 Å². The molecule has 38 heavy (non-hydrogen) atoms. The van der Waals surface area contributed by atoms with Crippen LogP contribution in [0.2, 0.25) is 0 Å². The fourth-order valence-electron chi connectivity index (χ4n) is 2.83. The van der Waals surface area contributed by atoms with Crippen LogP contribution in [0.25, 0.3) is 24.3 Å². The summed E-state index contributed by atoms with van der Waals surface area (Å²) in [6.07, 6.45) is 16.7. The van der Waals surface area contributed by atoms with Gasteiger partial charge in [-0.05, 0) is 60.4 Å². The van der Waals surface area contributed by atoms with Crippen molar-refractivity contribution < 1.29 is 19.8 Å². The van der Waals surface area contributed by atoms with E-state index in [1.54, 1.807) is 24.8 Å². The largest absolute Gasteiger partial charge is 0.478 e. The van der Waals surface area contributed by atoms with E-state index in [0.29, 0.717) is 12.2 Å². The van der Waals surface area contributed by atoms with Crippen molar-refractivity contribution in [3.8, 4) is 0 Å². The lowest BCUT2D eigenvalue weighted by Gasteiger charge is -1.95. The first kappa shape index (κ1) is 29.1. The van der Waals surface area contributed by atoms with E-state index in [-0.39, 0.29) is 0 Å². The fraction of sp³-hybridized carbons (Fsp3) is 0.0625. The van der Waals surface area contributed by atoms with Crippen LogP contribution in [-0.2, 0) is 9.59 Å². The Morgan fingerprint density at radius 3 is 1.03 bits per heavy atom. The first-order valence-corrected chi connectivity index (χ1v) is 11.8. The molecule has 2 aromatic carbocycles. The van der Waals surface area contributed by atoms with Crippen LogP contribution in [0, 0.1) is 13.8 Å². The second-order valence-electron chi connectivity index (χ2n) is 8.06. The summed E-state index contributed by atoms with van der Waals surface area (Å²) in [6, 6.07) is 24.9. The molecule has 4 rings (SSSR count). The Balaban J connectivity index is 0.000000211. The summed E-state index contributed by atoms with van der Waals surface area (Å²) in [5, 5.41) is 15.6. The summed E-state index contributed by atoms with van der Waals surface area (Å²) in [6.45, 7) is 4.19. The minimum absolute atomic E-state index is 0.558. The van der Waals surface area contributed by atoms with E-state index in [0.717, 1.165) is 0 Å². The molecule has 0 saturated heterocycles. The number of aromatic nitrogens is 2. The van der Waals surface area contributed by atoms with Gasteiger partial charge in [-0.25, -0.2) is 9.59 Å². The van der Waals surface area contributed by atoms with Crippen LogP contribution in [0.5, 0.6) is 0 Å². The number of rotatable bonds is 6. The molecule has 0 bridgehead atoms. The number of pyridine rings is 2. The van der Waals surface area contributed by atoms with E-state index < -0.39 is 11.9 Å². The van der Waals surface area contributed by atoms with Crippen molar-refractivity contribution in [2.24, 2.45) is 0 Å². The van der Waals surface area contributed by atoms with Crippen molar-refractivity contribution in [2.75, 3.05) is 0 Å². The van der Waals surface area contributed by atoms with Crippen molar-refractivity contribution in [1.29, 1.82) is 0 Å². The number of carbonyl (C=O) groups is 2. The first-order valence-electron chi connectivity index (χ1n) is 11.8. The Hall–Kier alpha value is -5.10. The van der Waals surface area contributed by atoms with E-state index in [2.05, 4.69) is 96.7 Å². The highest BCUT2D eigenvalue weighted by Gasteiger charge is 1.89. The van der Waals surface area contributed by atoms with Gasteiger partial charge in [0.25, 0.3) is 0 Å². The Morgan fingerprint density at radius 2 is 0.763 bits per heavy atom. The number of nitrogens with zero attached hydrogens (tertiary/aromatic N) is 2. The molecule has 2 aromatic heterocycles. The fourth-order valence-corrected chi connectivity index (χ4v) is 2.83. The van der Waals surface area contributed by atoms with Gasteiger partial charge in [-0.2, -0.15) is 0 Å². The molecule has 0 aliphatic heterocycles. The zero-order valence-electron chi connectivity index (χ0n) is 21.3.